The molecule has 4 amide bonds. The van der Waals surface area contributed by atoms with Crippen LogP contribution in [0.2, 0.25) is 0 Å². The number of ether oxygens (including phenoxy) is 8. The standard InChI is InChI=1S/C37H70N4O13.C2H6/c1-33(2,3)51-29(43)13-20-47-21-22-48-23-24-49-25-26-50-27-28(42)41-37(14-17-38-30(44)52-34(4,5)6,15-18-39-31(45)53-35(7,8)9)16-19-40-32(46)54-36(10,11)12;1-2/h13-27H2,1-12H3,(H,38,44)(H,39,45)(H,40,46)(H,41,42);1-2H3. The van der Waals surface area contributed by atoms with Gasteiger partial charge in [-0.3, -0.25) is 9.59 Å². The first kappa shape index (κ1) is 54.7. The van der Waals surface area contributed by atoms with Crippen molar-refractivity contribution in [2.45, 2.75) is 151 Å². The Kier molecular flexibility index (Phi) is 27.4. The van der Waals surface area contributed by atoms with Crippen molar-refractivity contribution in [3.05, 3.63) is 0 Å². The lowest BCUT2D eigenvalue weighted by atomic mass is 9.87. The summed E-state index contributed by atoms with van der Waals surface area (Å²) in [6, 6.07) is 0. The number of carbonyl (C=O) groups is 5. The van der Waals surface area contributed by atoms with E-state index in [1.165, 1.54) is 0 Å². The van der Waals surface area contributed by atoms with Crippen LogP contribution in [0.15, 0.2) is 0 Å². The van der Waals surface area contributed by atoms with Crippen molar-refractivity contribution in [2.24, 2.45) is 0 Å². The van der Waals surface area contributed by atoms with E-state index < -0.39 is 52.1 Å². The fourth-order valence-electron chi connectivity index (χ4n) is 4.42. The van der Waals surface area contributed by atoms with Crippen molar-refractivity contribution in [3.63, 3.8) is 0 Å². The predicted octanol–water partition coefficient (Wildman–Crippen LogP) is 5.41. The minimum atomic E-state index is -1.02. The first-order valence-electron chi connectivity index (χ1n) is 19.5. The molecule has 0 aliphatic carbocycles. The minimum absolute atomic E-state index is 0.114. The summed E-state index contributed by atoms with van der Waals surface area (Å²) in [6.45, 7) is 27.1. The van der Waals surface area contributed by atoms with E-state index in [9.17, 15) is 24.0 Å². The lowest BCUT2D eigenvalue weighted by Gasteiger charge is -2.36. The van der Waals surface area contributed by atoms with E-state index in [2.05, 4.69) is 21.3 Å². The van der Waals surface area contributed by atoms with Crippen LogP contribution in [0.5, 0.6) is 0 Å². The van der Waals surface area contributed by atoms with E-state index in [0.29, 0.717) is 26.4 Å². The molecule has 0 atom stereocenters. The van der Waals surface area contributed by atoms with Crippen LogP contribution in [-0.4, -0.2) is 131 Å². The maximum atomic E-state index is 13.2. The molecule has 0 rings (SSSR count). The third kappa shape index (κ3) is 36.2. The number of amides is 4. The summed E-state index contributed by atoms with van der Waals surface area (Å²) in [5.74, 6) is -0.763. The topological polar surface area (TPSA) is 207 Å². The van der Waals surface area contributed by atoms with Gasteiger partial charge in [-0.05, 0) is 102 Å². The number of rotatable bonds is 24. The number of nitrogens with one attached hydrogen (secondary N) is 4. The highest BCUT2D eigenvalue weighted by Crippen LogP contribution is 2.21. The summed E-state index contributed by atoms with van der Waals surface area (Å²) in [5.41, 5.74) is -3.68. The molecule has 0 heterocycles. The summed E-state index contributed by atoms with van der Waals surface area (Å²) in [4.78, 5) is 62.1. The molecule has 0 saturated carbocycles. The first-order valence-corrected chi connectivity index (χ1v) is 19.5. The van der Waals surface area contributed by atoms with Gasteiger partial charge < -0.3 is 59.2 Å². The molecule has 0 radical (unpaired) electrons. The Morgan fingerprint density at radius 2 is 0.732 bits per heavy atom. The maximum absolute atomic E-state index is 13.2. The van der Waals surface area contributed by atoms with Gasteiger partial charge in [0.2, 0.25) is 5.91 Å². The summed E-state index contributed by atoms with van der Waals surface area (Å²) in [7, 11) is 0. The fraction of sp³-hybridized carbons (Fsp3) is 0.872. The Labute approximate surface area is 336 Å². The molecule has 0 spiro atoms. The van der Waals surface area contributed by atoms with Crippen LogP contribution < -0.4 is 21.3 Å². The maximum Gasteiger partial charge on any atom is 0.407 e. The molecule has 0 aromatic heterocycles. The smallest absolute Gasteiger partial charge is 0.407 e. The highest BCUT2D eigenvalue weighted by atomic mass is 16.6. The normalized spacial score (nSPS) is 12.0. The van der Waals surface area contributed by atoms with Gasteiger partial charge in [-0.2, -0.15) is 0 Å². The van der Waals surface area contributed by atoms with E-state index >= 15 is 0 Å². The van der Waals surface area contributed by atoms with Gasteiger partial charge in [0.15, 0.2) is 0 Å². The van der Waals surface area contributed by atoms with Crippen LogP contribution in [-0.2, 0) is 47.5 Å². The Balaban J connectivity index is 0. The molecule has 56 heavy (non-hydrogen) atoms. The van der Waals surface area contributed by atoms with Gasteiger partial charge in [-0.15, -0.1) is 0 Å². The molecule has 0 saturated heterocycles. The van der Waals surface area contributed by atoms with Crippen LogP contribution in [0, 0.1) is 0 Å². The van der Waals surface area contributed by atoms with E-state index in [4.69, 9.17) is 37.9 Å². The average molecular weight is 809 g/mol. The van der Waals surface area contributed by atoms with Gasteiger partial charge in [0, 0.05) is 25.2 Å². The highest BCUT2D eigenvalue weighted by Gasteiger charge is 2.33. The number of hydrogen-bond acceptors (Lipinski definition) is 13. The second-order valence-electron chi connectivity index (χ2n) is 16.6. The molecule has 330 valence electrons. The number of carbonyl (C=O) groups excluding carboxylic acids is 5. The third-order valence-corrected chi connectivity index (χ3v) is 6.44. The summed E-state index contributed by atoms with van der Waals surface area (Å²) in [6.07, 6.45) is -1.04. The Hall–Kier alpha value is -3.41. The average Bonchev–Trinajstić information content (AvgIpc) is 3.00. The van der Waals surface area contributed by atoms with E-state index in [-0.39, 0.29) is 77.7 Å². The zero-order valence-corrected chi connectivity index (χ0v) is 36.9. The molecule has 0 fully saturated rings. The molecule has 4 N–H and O–H groups in total. The largest absolute Gasteiger partial charge is 0.460 e. The summed E-state index contributed by atoms with van der Waals surface area (Å²) >= 11 is 0. The van der Waals surface area contributed by atoms with Gasteiger partial charge >= 0.3 is 24.2 Å². The first-order chi connectivity index (χ1) is 25.8. The number of hydrogen-bond donors (Lipinski definition) is 4. The van der Waals surface area contributed by atoms with Crippen LogP contribution >= 0.6 is 0 Å². The van der Waals surface area contributed by atoms with Crippen molar-refractivity contribution < 1.29 is 61.9 Å². The molecular weight excluding hydrogens is 732 g/mol. The predicted molar refractivity (Wildman–Crippen MR) is 213 cm³/mol. The van der Waals surface area contributed by atoms with Crippen molar-refractivity contribution in [1.29, 1.82) is 0 Å². The Bertz CT molecular complexity index is 1040. The second kappa shape index (κ2) is 28.1. The van der Waals surface area contributed by atoms with Crippen LogP contribution in [0.25, 0.3) is 0 Å². The number of alkyl carbamates (subject to hydrolysis) is 3. The fourth-order valence-corrected chi connectivity index (χ4v) is 4.42. The molecule has 0 bridgehead atoms. The van der Waals surface area contributed by atoms with Crippen molar-refractivity contribution in [1.82, 2.24) is 21.3 Å². The van der Waals surface area contributed by atoms with E-state index in [0.717, 1.165) is 0 Å². The van der Waals surface area contributed by atoms with E-state index in [1.54, 1.807) is 62.3 Å². The SMILES string of the molecule is CC.CC(C)(C)OC(=O)CCOCCOCCOCCOCC(=O)NC(CCNC(=O)OC(C)(C)C)(CCNC(=O)OC(C)(C)C)CCNC(=O)OC(C)(C)C. The van der Waals surface area contributed by atoms with Gasteiger partial charge in [0.1, 0.15) is 29.0 Å². The van der Waals surface area contributed by atoms with Crippen molar-refractivity contribution in [2.75, 3.05) is 72.5 Å². The third-order valence-electron chi connectivity index (χ3n) is 6.44. The van der Waals surface area contributed by atoms with Crippen LogP contribution in [0.1, 0.15) is 123 Å². The second-order valence-corrected chi connectivity index (χ2v) is 16.6. The molecule has 0 aliphatic heterocycles. The molecule has 0 aromatic carbocycles. The van der Waals surface area contributed by atoms with Gasteiger partial charge in [0.25, 0.3) is 0 Å². The molecular formula is C39H76N4O13. The summed E-state index contributed by atoms with van der Waals surface area (Å²) < 4.78 is 43.2. The monoisotopic (exact) mass is 809 g/mol. The zero-order valence-electron chi connectivity index (χ0n) is 36.9. The van der Waals surface area contributed by atoms with Crippen molar-refractivity contribution in [3.8, 4) is 0 Å². The quantitative estimate of drug-likeness (QED) is 0.0548. The lowest BCUT2D eigenvalue weighted by molar-refractivity contribution is -0.156. The van der Waals surface area contributed by atoms with Gasteiger partial charge in [0.05, 0.1) is 52.7 Å². The molecule has 17 heteroatoms. The molecule has 0 unspecified atom stereocenters. The number of esters is 1. The minimum Gasteiger partial charge on any atom is -0.460 e. The highest BCUT2D eigenvalue weighted by molar-refractivity contribution is 5.78. The van der Waals surface area contributed by atoms with E-state index in [1.807, 2.05) is 34.6 Å². The van der Waals surface area contributed by atoms with Gasteiger partial charge in [-0.1, -0.05) is 13.8 Å². The summed E-state index contributed by atoms with van der Waals surface area (Å²) in [5, 5.41) is 11.2. The molecule has 0 aromatic rings. The molecule has 17 nitrogen and oxygen atoms in total. The Morgan fingerprint density at radius 3 is 1.05 bits per heavy atom. The van der Waals surface area contributed by atoms with Crippen LogP contribution in [0.4, 0.5) is 14.4 Å². The zero-order chi connectivity index (χ0) is 43.5. The van der Waals surface area contributed by atoms with Gasteiger partial charge in [-0.25, -0.2) is 14.4 Å². The van der Waals surface area contributed by atoms with Crippen LogP contribution in [0.3, 0.4) is 0 Å². The lowest BCUT2D eigenvalue weighted by Crippen LogP contribution is -2.54. The molecule has 0 aliphatic rings. The Morgan fingerprint density at radius 1 is 0.429 bits per heavy atom. The van der Waals surface area contributed by atoms with Crippen molar-refractivity contribution >= 4 is 30.2 Å².